The number of nitrogens with zero attached hydrogens (tertiary/aromatic N) is 2. The lowest BCUT2D eigenvalue weighted by atomic mass is 10.2. The zero-order valence-electron chi connectivity index (χ0n) is 15.4. The SMILES string of the molecule is O=C(Nc1ccccc1)Nc1cccc(-c2noc(COc3ccccc3)n2)c1. The quantitative estimate of drug-likeness (QED) is 0.489. The van der Waals surface area contributed by atoms with Gasteiger partial charge in [-0.05, 0) is 36.4 Å². The van der Waals surface area contributed by atoms with E-state index in [0.29, 0.717) is 23.1 Å². The van der Waals surface area contributed by atoms with Crippen molar-refractivity contribution in [2.75, 3.05) is 10.6 Å². The number of nitrogens with one attached hydrogen (secondary N) is 2. The van der Waals surface area contributed by atoms with Gasteiger partial charge in [0, 0.05) is 16.9 Å². The van der Waals surface area contributed by atoms with Crippen LogP contribution in [0.1, 0.15) is 5.89 Å². The van der Waals surface area contributed by atoms with Crippen molar-refractivity contribution < 1.29 is 14.1 Å². The van der Waals surface area contributed by atoms with Crippen LogP contribution in [0.4, 0.5) is 16.2 Å². The molecule has 1 aromatic heterocycles. The average molecular weight is 386 g/mol. The highest BCUT2D eigenvalue weighted by atomic mass is 16.5. The van der Waals surface area contributed by atoms with Gasteiger partial charge in [0.25, 0.3) is 5.89 Å². The largest absolute Gasteiger partial charge is 0.484 e. The Labute approximate surface area is 167 Å². The molecule has 3 aromatic carbocycles. The first-order valence-electron chi connectivity index (χ1n) is 9.00. The summed E-state index contributed by atoms with van der Waals surface area (Å²) in [5, 5.41) is 9.56. The Morgan fingerprint density at radius 1 is 0.862 bits per heavy atom. The van der Waals surface area contributed by atoms with E-state index in [4.69, 9.17) is 9.26 Å². The number of hydrogen-bond acceptors (Lipinski definition) is 5. The van der Waals surface area contributed by atoms with Crippen LogP contribution in [0.3, 0.4) is 0 Å². The number of anilines is 2. The van der Waals surface area contributed by atoms with Gasteiger partial charge in [0.1, 0.15) is 5.75 Å². The van der Waals surface area contributed by atoms with E-state index in [1.807, 2.05) is 72.8 Å². The van der Waals surface area contributed by atoms with E-state index in [9.17, 15) is 4.79 Å². The van der Waals surface area contributed by atoms with Crippen molar-refractivity contribution in [3.05, 3.63) is 90.8 Å². The third-order valence-electron chi connectivity index (χ3n) is 3.98. The number of aromatic nitrogens is 2. The number of carbonyl (C=O) groups excluding carboxylic acids is 1. The number of urea groups is 1. The Bertz CT molecular complexity index is 1080. The topological polar surface area (TPSA) is 89.3 Å². The van der Waals surface area contributed by atoms with Crippen LogP contribution >= 0.6 is 0 Å². The maximum absolute atomic E-state index is 12.2. The molecular formula is C22H18N4O3. The second-order valence-electron chi connectivity index (χ2n) is 6.14. The molecule has 0 fully saturated rings. The van der Waals surface area contributed by atoms with Crippen molar-refractivity contribution in [1.82, 2.24) is 10.1 Å². The first-order valence-corrected chi connectivity index (χ1v) is 9.00. The lowest BCUT2D eigenvalue weighted by Gasteiger charge is -2.08. The molecule has 0 saturated heterocycles. The van der Waals surface area contributed by atoms with E-state index in [1.165, 1.54) is 0 Å². The van der Waals surface area contributed by atoms with Gasteiger partial charge < -0.3 is 19.9 Å². The van der Waals surface area contributed by atoms with Gasteiger partial charge in [-0.2, -0.15) is 4.98 Å². The van der Waals surface area contributed by atoms with E-state index in [1.54, 1.807) is 12.1 Å². The van der Waals surface area contributed by atoms with Crippen molar-refractivity contribution in [3.8, 4) is 17.1 Å². The normalized spacial score (nSPS) is 10.3. The minimum absolute atomic E-state index is 0.175. The van der Waals surface area contributed by atoms with Crippen LogP contribution in [0, 0.1) is 0 Å². The molecule has 0 bridgehead atoms. The highest BCUT2D eigenvalue weighted by Crippen LogP contribution is 2.21. The molecule has 0 aliphatic heterocycles. The fourth-order valence-corrected chi connectivity index (χ4v) is 2.64. The molecule has 0 aliphatic carbocycles. The minimum atomic E-state index is -0.335. The lowest BCUT2D eigenvalue weighted by molar-refractivity contribution is 0.243. The highest BCUT2D eigenvalue weighted by molar-refractivity contribution is 6.00. The highest BCUT2D eigenvalue weighted by Gasteiger charge is 2.11. The average Bonchev–Trinajstić information content (AvgIpc) is 3.23. The second kappa shape index (κ2) is 8.71. The van der Waals surface area contributed by atoms with E-state index in [2.05, 4.69) is 20.8 Å². The van der Waals surface area contributed by atoms with Crippen molar-refractivity contribution in [2.24, 2.45) is 0 Å². The number of amides is 2. The van der Waals surface area contributed by atoms with Crippen LogP contribution in [0.25, 0.3) is 11.4 Å². The second-order valence-corrected chi connectivity index (χ2v) is 6.14. The summed E-state index contributed by atoms with van der Waals surface area (Å²) in [6.07, 6.45) is 0. The Morgan fingerprint density at radius 3 is 2.34 bits per heavy atom. The number of para-hydroxylation sites is 2. The van der Waals surface area contributed by atoms with Gasteiger partial charge in [0.15, 0.2) is 6.61 Å². The van der Waals surface area contributed by atoms with Crippen molar-refractivity contribution in [3.63, 3.8) is 0 Å². The smallest absolute Gasteiger partial charge is 0.323 e. The number of benzene rings is 3. The standard InChI is InChI=1S/C22H18N4O3/c27-22(23-17-9-3-1-4-10-17)24-18-11-7-8-16(14-18)21-25-20(29-26-21)15-28-19-12-5-2-6-13-19/h1-14H,15H2,(H2,23,24,27). The predicted molar refractivity (Wildman–Crippen MR) is 110 cm³/mol. The molecule has 0 unspecified atom stereocenters. The van der Waals surface area contributed by atoms with Gasteiger partial charge in [-0.15, -0.1) is 0 Å². The molecule has 1 heterocycles. The molecule has 7 nitrogen and oxygen atoms in total. The molecule has 7 heteroatoms. The number of carbonyl (C=O) groups is 1. The Balaban J connectivity index is 1.39. The summed E-state index contributed by atoms with van der Waals surface area (Å²) >= 11 is 0. The zero-order valence-corrected chi connectivity index (χ0v) is 15.4. The van der Waals surface area contributed by atoms with Gasteiger partial charge in [0.2, 0.25) is 5.82 Å². The molecular weight excluding hydrogens is 368 g/mol. The van der Waals surface area contributed by atoms with Crippen LogP contribution in [0.2, 0.25) is 0 Å². The van der Waals surface area contributed by atoms with Crippen LogP contribution in [-0.4, -0.2) is 16.2 Å². The van der Waals surface area contributed by atoms with E-state index >= 15 is 0 Å². The van der Waals surface area contributed by atoms with E-state index in [0.717, 1.165) is 11.3 Å². The van der Waals surface area contributed by atoms with Gasteiger partial charge >= 0.3 is 6.03 Å². The monoisotopic (exact) mass is 386 g/mol. The molecule has 4 rings (SSSR count). The molecule has 144 valence electrons. The minimum Gasteiger partial charge on any atom is -0.484 e. The summed E-state index contributed by atoms with van der Waals surface area (Å²) in [6, 6.07) is 25.5. The van der Waals surface area contributed by atoms with Crippen LogP contribution in [0.5, 0.6) is 5.75 Å². The zero-order chi connectivity index (χ0) is 19.9. The van der Waals surface area contributed by atoms with Crippen molar-refractivity contribution >= 4 is 17.4 Å². The molecule has 2 amide bonds. The first-order chi connectivity index (χ1) is 14.3. The predicted octanol–water partition coefficient (Wildman–Crippen LogP) is 4.96. The fraction of sp³-hybridized carbons (Fsp3) is 0.0455. The summed E-state index contributed by atoms with van der Waals surface area (Å²) in [5.41, 5.74) is 2.04. The van der Waals surface area contributed by atoms with E-state index in [-0.39, 0.29) is 12.6 Å². The third kappa shape index (κ3) is 4.98. The third-order valence-corrected chi connectivity index (χ3v) is 3.98. The van der Waals surface area contributed by atoms with E-state index < -0.39 is 0 Å². The number of rotatable bonds is 6. The maximum Gasteiger partial charge on any atom is 0.323 e. The number of hydrogen-bond donors (Lipinski definition) is 2. The molecule has 4 aromatic rings. The molecule has 2 N–H and O–H groups in total. The molecule has 0 saturated carbocycles. The summed E-state index contributed by atoms with van der Waals surface area (Å²) in [7, 11) is 0. The molecule has 0 spiro atoms. The summed E-state index contributed by atoms with van der Waals surface area (Å²) in [5.74, 6) is 1.51. The first kappa shape index (κ1) is 18.2. The summed E-state index contributed by atoms with van der Waals surface area (Å²) < 4.78 is 10.9. The van der Waals surface area contributed by atoms with Gasteiger partial charge in [-0.25, -0.2) is 4.79 Å². The van der Waals surface area contributed by atoms with Crippen LogP contribution in [-0.2, 0) is 6.61 Å². The fourth-order valence-electron chi connectivity index (χ4n) is 2.64. The summed E-state index contributed by atoms with van der Waals surface area (Å²) in [6.45, 7) is 0.175. The molecule has 29 heavy (non-hydrogen) atoms. The summed E-state index contributed by atoms with van der Waals surface area (Å²) in [4.78, 5) is 16.5. The Hall–Kier alpha value is -4.13. The van der Waals surface area contributed by atoms with Crippen molar-refractivity contribution in [2.45, 2.75) is 6.61 Å². The van der Waals surface area contributed by atoms with Gasteiger partial charge in [-0.3, -0.25) is 0 Å². The Morgan fingerprint density at radius 2 is 1.55 bits per heavy atom. The van der Waals surface area contributed by atoms with Gasteiger partial charge in [0.05, 0.1) is 0 Å². The molecule has 0 aliphatic rings. The van der Waals surface area contributed by atoms with Crippen LogP contribution in [0.15, 0.2) is 89.5 Å². The Kier molecular flexibility index (Phi) is 5.48. The van der Waals surface area contributed by atoms with Crippen molar-refractivity contribution in [1.29, 1.82) is 0 Å². The molecule has 0 radical (unpaired) electrons. The number of ether oxygens (including phenoxy) is 1. The molecule has 0 atom stereocenters. The lowest BCUT2D eigenvalue weighted by Crippen LogP contribution is -2.19. The van der Waals surface area contributed by atoms with Crippen LogP contribution < -0.4 is 15.4 Å². The maximum atomic E-state index is 12.2. The van der Waals surface area contributed by atoms with Gasteiger partial charge in [-0.1, -0.05) is 53.7 Å².